The van der Waals surface area contributed by atoms with Crippen molar-refractivity contribution in [2.45, 2.75) is 6.92 Å². The Morgan fingerprint density at radius 1 is 1.67 bits per heavy atom. The third-order valence-electron chi connectivity index (χ3n) is 2.97. The lowest BCUT2D eigenvalue weighted by atomic mass is 10.0. The van der Waals surface area contributed by atoms with Gasteiger partial charge in [0.1, 0.15) is 0 Å². The lowest BCUT2D eigenvalue weighted by Gasteiger charge is -2.38. The molecule has 5 nitrogen and oxygen atoms in total. The highest BCUT2D eigenvalue weighted by atomic mass is 16.3. The van der Waals surface area contributed by atoms with E-state index in [4.69, 9.17) is 5.11 Å². The quantitative estimate of drug-likeness (QED) is 0.733. The van der Waals surface area contributed by atoms with E-state index in [1.807, 2.05) is 14.0 Å². The highest BCUT2D eigenvalue weighted by Crippen LogP contribution is 2.19. The molecule has 1 N–H and O–H groups in total. The molecule has 1 aromatic rings. The van der Waals surface area contributed by atoms with E-state index in [1.54, 1.807) is 15.8 Å². The summed E-state index contributed by atoms with van der Waals surface area (Å²) in [6.07, 6.45) is 1.60. The number of aliphatic hydroxyl groups is 1. The molecular formula is C10H15N3O2. The Bertz CT molecular complexity index is 380. The first-order valence-corrected chi connectivity index (χ1v) is 5.02. The molecule has 0 unspecified atom stereocenters. The number of hydrogen-bond donors (Lipinski definition) is 1. The van der Waals surface area contributed by atoms with E-state index >= 15 is 0 Å². The maximum absolute atomic E-state index is 11.9. The molecule has 0 saturated carbocycles. The third-order valence-corrected chi connectivity index (χ3v) is 2.97. The second kappa shape index (κ2) is 3.66. The normalized spacial score (nSPS) is 16.6. The molecule has 1 saturated heterocycles. The summed E-state index contributed by atoms with van der Waals surface area (Å²) in [5, 5.41) is 12.9. The molecular weight excluding hydrogens is 194 g/mol. The number of hydrogen-bond acceptors (Lipinski definition) is 3. The summed E-state index contributed by atoms with van der Waals surface area (Å²) in [6, 6.07) is 0. The molecule has 0 aromatic carbocycles. The summed E-state index contributed by atoms with van der Waals surface area (Å²) in [5.74, 6) is 0.274. The van der Waals surface area contributed by atoms with Crippen LogP contribution in [0.2, 0.25) is 0 Å². The van der Waals surface area contributed by atoms with Crippen LogP contribution in [0.4, 0.5) is 0 Å². The zero-order valence-electron chi connectivity index (χ0n) is 8.97. The van der Waals surface area contributed by atoms with Gasteiger partial charge in [0, 0.05) is 38.4 Å². The predicted octanol–water partition coefficient (Wildman–Crippen LogP) is -0.207. The van der Waals surface area contributed by atoms with Gasteiger partial charge in [0.05, 0.1) is 11.8 Å². The standard InChI is InChI=1S/C10H15N3O2/c1-7-9(3-11-12(7)2)10(15)13-4-8(5-13)6-14/h3,8,14H,4-6H2,1-2H3. The van der Waals surface area contributed by atoms with E-state index in [0.717, 1.165) is 5.69 Å². The van der Waals surface area contributed by atoms with Gasteiger partial charge in [-0.2, -0.15) is 5.10 Å². The van der Waals surface area contributed by atoms with Crippen molar-refractivity contribution in [3.8, 4) is 0 Å². The Morgan fingerprint density at radius 3 is 2.80 bits per heavy atom. The number of aromatic nitrogens is 2. The topological polar surface area (TPSA) is 58.4 Å². The predicted molar refractivity (Wildman–Crippen MR) is 54.4 cm³/mol. The summed E-state index contributed by atoms with van der Waals surface area (Å²) < 4.78 is 1.69. The third kappa shape index (κ3) is 1.63. The average Bonchev–Trinajstić information content (AvgIpc) is 2.46. The SMILES string of the molecule is Cc1c(C(=O)N2CC(CO)C2)cnn1C. The number of amides is 1. The average molecular weight is 209 g/mol. The van der Waals surface area contributed by atoms with E-state index in [0.29, 0.717) is 18.7 Å². The maximum atomic E-state index is 11.9. The highest BCUT2D eigenvalue weighted by Gasteiger charge is 2.31. The minimum absolute atomic E-state index is 0.0188. The van der Waals surface area contributed by atoms with Crippen molar-refractivity contribution in [1.29, 1.82) is 0 Å². The Balaban J connectivity index is 2.07. The molecule has 1 aliphatic heterocycles. The van der Waals surface area contributed by atoms with Crippen LogP contribution >= 0.6 is 0 Å². The maximum Gasteiger partial charge on any atom is 0.257 e. The van der Waals surface area contributed by atoms with Gasteiger partial charge in [-0.15, -0.1) is 0 Å². The van der Waals surface area contributed by atoms with Crippen LogP contribution < -0.4 is 0 Å². The van der Waals surface area contributed by atoms with Crippen molar-refractivity contribution in [2.24, 2.45) is 13.0 Å². The van der Waals surface area contributed by atoms with Crippen molar-refractivity contribution >= 4 is 5.91 Å². The van der Waals surface area contributed by atoms with Gasteiger partial charge in [-0.3, -0.25) is 9.48 Å². The first-order valence-electron chi connectivity index (χ1n) is 5.02. The summed E-state index contributed by atoms with van der Waals surface area (Å²) in [5.41, 5.74) is 1.54. The van der Waals surface area contributed by atoms with E-state index < -0.39 is 0 Å². The number of carbonyl (C=O) groups excluding carboxylic acids is 1. The van der Waals surface area contributed by atoms with Crippen molar-refractivity contribution in [2.75, 3.05) is 19.7 Å². The fourth-order valence-electron chi connectivity index (χ4n) is 1.73. The van der Waals surface area contributed by atoms with Gasteiger partial charge in [-0.1, -0.05) is 0 Å². The number of aryl methyl sites for hydroxylation is 1. The van der Waals surface area contributed by atoms with Crippen LogP contribution in [-0.4, -0.2) is 45.4 Å². The molecule has 1 aromatic heterocycles. The van der Waals surface area contributed by atoms with Crippen LogP contribution in [0.5, 0.6) is 0 Å². The van der Waals surface area contributed by atoms with Gasteiger partial charge in [0.15, 0.2) is 0 Å². The van der Waals surface area contributed by atoms with Crippen LogP contribution in [0.1, 0.15) is 16.1 Å². The van der Waals surface area contributed by atoms with Crippen molar-refractivity contribution in [1.82, 2.24) is 14.7 Å². The molecule has 0 radical (unpaired) electrons. The fourth-order valence-corrected chi connectivity index (χ4v) is 1.73. The Hall–Kier alpha value is -1.36. The highest BCUT2D eigenvalue weighted by molar-refractivity contribution is 5.95. The molecule has 2 rings (SSSR count). The van der Waals surface area contributed by atoms with Gasteiger partial charge in [0.2, 0.25) is 0 Å². The van der Waals surface area contributed by atoms with Gasteiger partial charge in [0.25, 0.3) is 5.91 Å². The summed E-state index contributed by atoms with van der Waals surface area (Å²) in [6.45, 7) is 3.35. The molecule has 0 aliphatic carbocycles. The molecule has 1 fully saturated rings. The van der Waals surface area contributed by atoms with Crippen molar-refractivity contribution < 1.29 is 9.90 Å². The zero-order valence-corrected chi connectivity index (χ0v) is 8.97. The number of likely N-dealkylation sites (tertiary alicyclic amines) is 1. The molecule has 0 atom stereocenters. The molecule has 82 valence electrons. The molecule has 1 aliphatic rings. The lowest BCUT2D eigenvalue weighted by molar-refractivity contribution is 0.0361. The van der Waals surface area contributed by atoms with Crippen molar-refractivity contribution in [3.63, 3.8) is 0 Å². The van der Waals surface area contributed by atoms with E-state index in [-0.39, 0.29) is 18.4 Å². The van der Waals surface area contributed by atoms with Gasteiger partial charge in [-0.05, 0) is 6.92 Å². The van der Waals surface area contributed by atoms with Crippen molar-refractivity contribution in [3.05, 3.63) is 17.5 Å². The van der Waals surface area contributed by atoms with Crippen LogP contribution in [0, 0.1) is 12.8 Å². The summed E-state index contributed by atoms with van der Waals surface area (Å²) >= 11 is 0. The summed E-state index contributed by atoms with van der Waals surface area (Å²) in [7, 11) is 1.82. The number of aliphatic hydroxyl groups excluding tert-OH is 1. The van der Waals surface area contributed by atoms with Crippen LogP contribution in [0.25, 0.3) is 0 Å². The molecule has 0 bridgehead atoms. The Morgan fingerprint density at radius 2 is 2.33 bits per heavy atom. The van der Waals surface area contributed by atoms with Crippen LogP contribution in [-0.2, 0) is 7.05 Å². The molecule has 0 spiro atoms. The monoisotopic (exact) mass is 209 g/mol. The minimum Gasteiger partial charge on any atom is -0.396 e. The second-order valence-electron chi connectivity index (χ2n) is 4.03. The van der Waals surface area contributed by atoms with Crippen LogP contribution in [0.3, 0.4) is 0 Å². The van der Waals surface area contributed by atoms with E-state index in [1.165, 1.54) is 0 Å². The largest absolute Gasteiger partial charge is 0.396 e. The molecule has 1 amide bonds. The number of nitrogens with zero attached hydrogens (tertiary/aromatic N) is 3. The summed E-state index contributed by atoms with van der Waals surface area (Å²) in [4.78, 5) is 13.7. The van der Waals surface area contributed by atoms with E-state index in [9.17, 15) is 4.79 Å². The molecule has 15 heavy (non-hydrogen) atoms. The van der Waals surface area contributed by atoms with Gasteiger partial charge in [-0.25, -0.2) is 0 Å². The first kappa shape index (κ1) is 10.2. The van der Waals surface area contributed by atoms with Gasteiger partial charge >= 0.3 is 0 Å². The lowest BCUT2D eigenvalue weighted by Crippen LogP contribution is -2.51. The zero-order chi connectivity index (χ0) is 11.0. The first-order chi connectivity index (χ1) is 7.13. The number of carbonyl (C=O) groups is 1. The second-order valence-corrected chi connectivity index (χ2v) is 4.03. The van der Waals surface area contributed by atoms with E-state index in [2.05, 4.69) is 5.10 Å². The Labute approximate surface area is 88.3 Å². The van der Waals surface area contributed by atoms with Crippen LogP contribution in [0.15, 0.2) is 6.20 Å². The Kier molecular flexibility index (Phi) is 2.48. The van der Waals surface area contributed by atoms with Gasteiger partial charge < -0.3 is 10.0 Å². The number of rotatable bonds is 2. The molecule has 2 heterocycles. The smallest absolute Gasteiger partial charge is 0.257 e. The molecule has 5 heteroatoms. The fraction of sp³-hybridized carbons (Fsp3) is 0.600. The minimum atomic E-state index is 0.0188.